The molecule has 76 valence electrons. The predicted molar refractivity (Wildman–Crippen MR) is 59.4 cm³/mol. The fourth-order valence-electron chi connectivity index (χ4n) is 1.71. The quantitative estimate of drug-likeness (QED) is 0.666. The maximum atomic E-state index is 10.6. The van der Waals surface area contributed by atoms with E-state index in [0.717, 1.165) is 6.29 Å². The topological polar surface area (TPSA) is 17.1 Å². The van der Waals surface area contributed by atoms with E-state index in [2.05, 4.69) is 45.0 Å². The molecule has 0 spiro atoms. The molecule has 0 aliphatic carbocycles. The van der Waals surface area contributed by atoms with Crippen LogP contribution >= 0.6 is 0 Å². The number of aldehydes is 1. The molecule has 1 nitrogen and oxygen atoms in total. The SMILES string of the molecule is Cc1ccc([C@@H](CC=O)C(C)C)cc1. The third kappa shape index (κ3) is 2.69. The molecule has 0 saturated heterocycles. The number of benzene rings is 1. The Morgan fingerprint density at radius 2 is 1.79 bits per heavy atom. The summed E-state index contributed by atoms with van der Waals surface area (Å²) in [5, 5.41) is 0. The summed E-state index contributed by atoms with van der Waals surface area (Å²) >= 11 is 0. The lowest BCUT2D eigenvalue weighted by Crippen LogP contribution is -2.07. The Kier molecular flexibility index (Phi) is 3.87. The highest BCUT2D eigenvalue weighted by molar-refractivity contribution is 5.51. The smallest absolute Gasteiger partial charge is 0.120 e. The molecule has 0 fully saturated rings. The summed E-state index contributed by atoms with van der Waals surface area (Å²) in [5.41, 5.74) is 2.54. The molecule has 1 heteroatoms. The van der Waals surface area contributed by atoms with Gasteiger partial charge in [-0.15, -0.1) is 0 Å². The molecule has 0 radical (unpaired) electrons. The zero-order valence-corrected chi connectivity index (χ0v) is 9.16. The number of carbonyl (C=O) groups excluding carboxylic acids is 1. The van der Waals surface area contributed by atoms with Gasteiger partial charge in [0, 0.05) is 6.42 Å². The zero-order valence-electron chi connectivity index (χ0n) is 9.16. The molecule has 0 heterocycles. The summed E-state index contributed by atoms with van der Waals surface area (Å²) in [6.45, 7) is 6.40. The lowest BCUT2D eigenvalue weighted by molar-refractivity contribution is -0.108. The first-order chi connectivity index (χ1) is 6.65. The molecule has 0 amide bonds. The molecule has 0 aliphatic rings. The van der Waals surface area contributed by atoms with Crippen molar-refractivity contribution in [2.75, 3.05) is 0 Å². The first-order valence-corrected chi connectivity index (χ1v) is 5.15. The predicted octanol–water partition coefficient (Wildman–Crippen LogP) is 3.32. The fraction of sp³-hybridized carbons (Fsp3) is 0.462. The largest absolute Gasteiger partial charge is 0.303 e. The van der Waals surface area contributed by atoms with Crippen LogP contribution in [0.15, 0.2) is 24.3 Å². The van der Waals surface area contributed by atoms with Crippen LogP contribution in [0.5, 0.6) is 0 Å². The van der Waals surface area contributed by atoms with E-state index in [-0.39, 0.29) is 0 Å². The number of hydrogen-bond donors (Lipinski definition) is 0. The average molecular weight is 190 g/mol. The van der Waals surface area contributed by atoms with Crippen molar-refractivity contribution in [2.24, 2.45) is 5.92 Å². The van der Waals surface area contributed by atoms with Gasteiger partial charge in [0.2, 0.25) is 0 Å². The Bertz CT molecular complexity index is 285. The molecule has 0 aliphatic heterocycles. The minimum atomic E-state index is 0.369. The molecule has 0 unspecified atom stereocenters. The maximum Gasteiger partial charge on any atom is 0.120 e. The zero-order chi connectivity index (χ0) is 10.6. The summed E-state index contributed by atoms with van der Waals surface area (Å²) in [6, 6.07) is 8.47. The van der Waals surface area contributed by atoms with Crippen LogP contribution in [0.1, 0.15) is 37.3 Å². The summed E-state index contributed by atoms with van der Waals surface area (Å²) in [6.07, 6.45) is 1.64. The molecule has 0 N–H and O–H groups in total. The van der Waals surface area contributed by atoms with Gasteiger partial charge < -0.3 is 4.79 Å². The van der Waals surface area contributed by atoms with Gasteiger partial charge in [0.25, 0.3) is 0 Å². The van der Waals surface area contributed by atoms with Crippen LogP contribution in [0.3, 0.4) is 0 Å². The highest BCUT2D eigenvalue weighted by Gasteiger charge is 2.14. The average Bonchev–Trinajstić information content (AvgIpc) is 2.15. The molecule has 1 rings (SSSR count). The van der Waals surface area contributed by atoms with Crippen LogP contribution in [-0.2, 0) is 4.79 Å². The number of rotatable bonds is 4. The minimum absolute atomic E-state index is 0.369. The van der Waals surface area contributed by atoms with Gasteiger partial charge in [-0.05, 0) is 24.3 Å². The molecule has 14 heavy (non-hydrogen) atoms. The van der Waals surface area contributed by atoms with Gasteiger partial charge in [-0.25, -0.2) is 0 Å². The summed E-state index contributed by atoms with van der Waals surface area (Å²) in [4.78, 5) is 10.6. The molecular formula is C13H18O. The standard InChI is InChI=1S/C13H18O/c1-10(2)13(8-9-14)12-6-4-11(3)5-7-12/h4-7,9-10,13H,8H2,1-3H3/t13-/m0/s1. The van der Waals surface area contributed by atoms with Crippen molar-refractivity contribution in [1.82, 2.24) is 0 Å². The summed E-state index contributed by atoms with van der Waals surface area (Å²) < 4.78 is 0. The second kappa shape index (κ2) is 4.94. The molecular weight excluding hydrogens is 172 g/mol. The third-order valence-electron chi connectivity index (χ3n) is 2.66. The van der Waals surface area contributed by atoms with Gasteiger partial charge in [0.05, 0.1) is 0 Å². The lowest BCUT2D eigenvalue weighted by atomic mass is 9.86. The van der Waals surface area contributed by atoms with Gasteiger partial charge in [-0.2, -0.15) is 0 Å². The number of hydrogen-bond acceptors (Lipinski definition) is 1. The van der Waals surface area contributed by atoms with Crippen LogP contribution < -0.4 is 0 Å². The second-order valence-corrected chi connectivity index (χ2v) is 4.16. The van der Waals surface area contributed by atoms with E-state index in [4.69, 9.17) is 0 Å². The summed E-state index contributed by atoms with van der Waals surface area (Å²) in [7, 11) is 0. The van der Waals surface area contributed by atoms with Crippen molar-refractivity contribution in [3.63, 3.8) is 0 Å². The van der Waals surface area contributed by atoms with Gasteiger partial charge in [0.1, 0.15) is 6.29 Å². The van der Waals surface area contributed by atoms with E-state index in [1.165, 1.54) is 11.1 Å². The molecule has 0 bridgehead atoms. The van der Waals surface area contributed by atoms with Crippen LogP contribution in [0.2, 0.25) is 0 Å². The number of carbonyl (C=O) groups is 1. The van der Waals surface area contributed by atoms with E-state index < -0.39 is 0 Å². The van der Waals surface area contributed by atoms with Crippen molar-refractivity contribution in [1.29, 1.82) is 0 Å². The van der Waals surface area contributed by atoms with Gasteiger partial charge in [0.15, 0.2) is 0 Å². The van der Waals surface area contributed by atoms with E-state index >= 15 is 0 Å². The number of aryl methyl sites for hydroxylation is 1. The van der Waals surface area contributed by atoms with Gasteiger partial charge >= 0.3 is 0 Å². The highest BCUT2D eigenvalue weighted by atomic mass is 16.1. The van der Waals surface area contributed by atoms with Crippen LogP contribution in [0, 0.1) is 12.8 Å². The van der Waals surface area contributed by atoms with Crippen molar-refractivity contribution in [3.05, 3.63) is 35.4 Å². The van der Waals surface area contributed by atoms with E-state index in [1.807, 2.05) is 0 Å². The minimum Gasteiger partial charge on any atom is -0.303 e. The molecule has 0 aromatic heterocycles. The molecule has 0 saturated carbocycles. The van der Waals surface area contributed by atoms with Crippen LogP contribution in [0.25, 0.3) is 0 Å². The van der Waals surface area contributed by atoms with Crippen LogP contribution in [-0.4, -0.2) is 6.29 Å². The molecule has 1 atom stereocenters. The first kappa shape index (κ1) is 11.0. The third-order valence-corrected chi connectivity index (χ3v) is 2.66. The first-order valence-electron chi connectivity index (χ1n) is 5.15. The van der Waals surface area contributed by atoms with Gasteiger partial charge in [-0.3, -0.25) is 0 Å². The van der Waals surface area contributed by atoms with E-state index in [9.17, 15) is 4.79 Å². The van der Waals surface area contributed by atoms with Crippen molar-refractivity contribution in [2.45, 2.75) is 33.1 Å². The van der Waals surface area contributed by atoms with Crippen molar-refractivity contribution >= 4 is 6.29 Å². The van der Waals surface area contributed by atoms with E-state index in [1.54, 1.807) is 0 Å². The molecule has 1 aromatic rings. The van der Waals surface area contributed by atoms with Crippen LogP contribution in [0.4, 0.5) is 0 Å². The van der Waals surface area contributed by atoms with Crippen molar-refractivity contribution < 1.29 is 4.79 Å². The Hall–Kier alpha value is -1.11. The summed E-state index contributed by atoms with van der Waals surface area (Å²) in [5.74, 6) is 0.885. The monoisotopic (exact) mass is 190 g/mol. The Labute approximate surface area is 86.1 Å². The fourth-order valence-corrected chi connectivity index (χ4v) is 1.71. The van der Waals surface area contributed by atoms with Gasteiger partial charge in [-0.1, -0.05) is 43.7 Å². The Morgan fingerprint density at radius 3 is 2.21 bits per heavy atom. The Morgan fingerprint density at radius 1 is 1.21 bits per heavy atom. The van der Waals surface area contributed by atoms with E-state index in [0.29, 0.717) is 18.3 Å². The highest BCUT2D eigenvalue weighted by Crippen LogP contribution is 2.26. The Balaban J connectivity index is 2.87. The lowest BCUT2D eigenvalue weighted by Gasteiger charge is -2.18. The van der Waals surface area contributed by atoms with Crippen molar-refractivity contribution in [3.8, 4) is 0 Å². The second-order valence-electron chi connectivity index (χ2n) is 4.16. The molecule has 1 aromatic carbocycles. The maximum absolute atomic E-state index is 10.6. The normalized spacial score (nSPS) is 12.9.